The van der Waals surface area contributed by atoms with Crippen molar-refractivity contribution in [1.82, 2.24) is 0 Å². The molecule has 92 valence electrons. The van der Waals surface area contributed by atoms with Crippen LogP contribution in [0.15, 0.2) is 30.0 Å². The lowest BCUT2D eigenvalue weighted by molar-refractivity contribution is -0.112. The molecule has 0 saturated heterocycles. The van der Waals surface area contributed by atoms with Crippen molar-refractivity contribution in [1.29, 1.82) is 0 Å². The summed E-state index contributed by atoms with van der Waals surface area (Å²) in [6.07, 6.45) is 1.53. The Balaban J connectivity index is 2.94. The van der Waals surface area contributed by atoms with E-state index in [2.05, 4.69) is 5.32 Å². The predicted molar refractivity (Wildman–Crippen MR) is 67.6 cm³/mol. The van der Waals surface area contributed by atoms with Crippen LogP contribution in [0.4, 0.5) is 5.69 Å². The molecule has 0 aromatic heterocycles. The first-order chi connectivity index (χ1) is 8.06. The monoisotopic (exact) mass is 235 g/mol. The number of methoxy groups -OCH3 is 2. The number of ketones is 1. The smallest absolute Gasteiger partial charge is 0.154 e. The fraction of sp³-hybridized carbons (Fsp3) is 0.308. The van der Waals surface area contributed by atoms with Gasteiger partial charge in [-0.3, -0.25) is 4.79 Å². The van der Waals surface area contributed by atoms with E-state index in [0.717, 1.165) is 17.1 Å². The Kier molecular flexibility index (Phi) is 4.57. The molecule has 0 radical (unpaired) electrons. The van der Waals surface area contributed by atoms with Crippen molar-refractivity contribution >= 4 is 11.5 Å². The second kappa shape index (κ2) is 5.94. The van der Waals surface area contributed by atoms with Crippen molar-refractivity contribution in [3.05, 3.63) is 30.0 Å². The molecule has 0 spiro atoms. The van der Waals surface area contributed by atoms with Crippen molar-refractivity contribution in [3.8, 4) is 11.5 Å². The quantitative estimate of drug-likeness (QED) is 0.797. The van der Waals surface area contributed by atoms with Crippen molar-refractivity contribution < 1.29 is 14.3 Å². The lowest BCUT2D eigenvalue weighted by Crippen LogP contribution is -2.00. The van der Waals surface area contributed by atoms with E-state index in [4.69, 9.17) is 9.47 Å². The Bertz CT molecular complexity index is 438. The molecule has 0 atom stereocenters. The van der Waals surface area contributed by atoms with Crippen LogP contribution in [0.2, 0.25) is 0 Å². The van der Waals surface area contributed by atoms with Crippen LogP contribution in [0.1, 0.15) is 13.8 Å². The molecule has 0 fully saturated rings. The lowest BCUT2D eigenvalue weighted by Gasteiger charge is -2.12. The Morgan fingerprint density at radius 1 is 1.24 bits per heavy atom. The van der Waals surface area contributed by atoms with E-state index in [1.165, 1.54) is 13.0 Å². The summed E-state index contributed by atoms with van der Waals surface area (Å²) < 4.78 is 10.3. The topological polar surface area (TPSA) is 47.6 Å². The van der Waals surface area contributed by atoms with Crippen LogP contribution in [-0.4, -0.2) is 20.0 Å². The molecule has 1 rings (SSSR count). The normalized spacial score (nSPS) is 10.9. The second-order valence-electron chi connectivity index (χ2n) is 3.63. The summed E-state index contributed by atoms with van der Waals surface area (Å²) in [6, 6.07) is 5.45. The zero-order valence-electron chi connectivity index (χ0n) is 10.5. The van der Waals surface area contributed by atoms with Gasteiger partial charge in [-0.15, -0.1) is 0 Å². The van der Waals surface area contributed by atoms with E-state index < -0.39 is 0 Å². The van der Waals surface area contributed by atoms with Gasteiger partial charge in [0.15, 0.2) is 5.78 Å². The summed E-state index contributed by atoms with van der Waals surface area (Å²) >= 11 is 0. The molecule has 1 aromatic rings. The summed E-state index contributed by atoms with van der Waals surface area (Å²) in [6.45, 7) is 3.33. The summed E-state index contributed by atoms with van der Waals surface area (Å²) in [5, 5.41) is 3.10. The molecule has 0 saturated carbocycles. The van der Waals surface area contributed by atoms with Crippen LogP contribution in [0.5, 0.6) is 11.5 Å². The fourth-order valence-corrected chi connectivity index (χ4v) is 1.46. The first-order valence-electron chi connectivity index (χ1n) is 5.24. The number of anilines is 1. The van der Waals surface area contributed by atoms with Crippen LogP contribution in [0, 0.1) is 0 Å². The molecule has 0 aliphatic rings. The standard InChI is InChI=1S/C13H17NO3/c1-9(7-10(2)15)14-12-6-5-11(16-3)8-13(12)17-4/h5-8,14H,1-4H3/b9-7+. The Hall–Kier alpha value is -1.97. The number of allylic oxidation sites excluding steroid dienone is 2. The maximum absolute atomic E-state index is 10.9. The first kappa shape index (κ1) is 13.1. The molecule has 0 aliphatic heterocycles. The molecular formula is C13H17NO3. The molecule has 4 nitrogen and oxygen atoms in total. The second-order valence-corrected chi connectivity index (χ2v) is 3.63. The molecular weight excluding hydrogens is 218 g/mol. The van der Waals surface area contributed by atoms with Crippen LogP contribution in [0.3, 0.4) is 0 Å². The van der Waals surface area contributed by atoms with Crippen molar-refractivity contribution in [2.24, 2.45) is 0 Å². The SMILES string of the molecule is COc1ccc(N/C(C)=C/C(C)=O)c(OC)c1. The largest absolute Gasteiger partial charge is 0.497 e. The third-order valence-electron chi connectivity index (χ3n) is 2.16. The highest BCUT2D eigenvalue weighted by Crippen LogP contribution is 2.29. The molecule has 0 heterocycles. The number of rotatable bonds is 5. The number of hydrogen-bond acceptors (Lipinski definition) is 4. The van der Waals surface area contributed by atoms with Gasteiger partial charge < -0.3 is 14.8 Å². The molecule has 0 unspecified atom stereocenters. The van der Waals surface area contributed by atoms with Gasteiger partial charge in [-0.05, 0) is 32.1 Å². The zero-order chi connectivity index (χ0) is 12.8. The van der Waals surface area contributed by atoms with E-state index >= 15 is 0 Å². The average molecular weight is 235 g/mol. The number of carbonyl (C=O) groups is 1. The molecule has 17 heavy (non-hydrogen) atoms. The van der Waals surface area contributed by atoms with Crippen LogP contribution < -0.4 is 14.8 Å². The van der Waals surface area contributed by atoms with Crippen molar-refractivity contribution in [2.45, 2.75) is 13.8 Å². The highest BCUT2D eigenvalue weighted by Gasteiger charge is 2.05. The minimum atomic E-state index is 0.00229. The lowest BCUT2D eigenvalue weighted by atomic mass is 10.2. The summed E-state index contributed by atoms with van der Waals surface area (Å²) in [4.78, 5) is 10.9. The molecule has 1 N–H and O–H groups in total. The maximum Gasteiger partial charge on any atom is 0.154 e. The predicted octanol–water partition coefficient (Wildman–Crippen LogP) is 2.61. The Morgan fingerprint density at radius 2 is 1.94 bits per heavy atom. The van der Waals surface area contributed by atoms with Gasteiger partial charge in [0.25, 0.3) is 0 Å². The van der Waals surface area contributed by atoms with Gasteiger partial charge in [-0.2, -0.15) is 0 Å². The summed E-state index contributed by atoms with van der Waals surface area (Å²) in [5.41, 5.74) is 1.56. The average Bonchev–Trinajstić information content (AvgIpc) is 2.28. The number of ether oxygens (including phenoxy) is 2. The Morgan fingerprint density at radius 3 is 2.47 bits per heavy atom. The number of nitrogens with one attached hydrogen (secondary N) is 1. The van der Waals surface area contributed by atoms with Crippen molar-refractivity contribution in [3.63, 3.8) is 0 Å². The number of benzene rings is 1. The minimum Gasteiger partial charge on any atom is -0.497 e. The molecule has 0 bridgehead atoms. The van der Waals surface area contributed by atoms with Gasteiger partial charge in [0.1, 0.15) is 11.5 Å². The molecule has 0 aliphatic carbocycles. The molecule has 1 aromatic carbocycles. The van der Waals surface area contributed by atoms with E-state index in [1.807, 2.05) is 19.1 Å². The van der Waals surface area contributed by atoms with Gasteiger partial charge >= 0.3 is 0 Å². The van der Waals surface area contributed by atoms with Gasteiger partial charge in [0, 0.05) is 11.8 Å². The van der Waals surface area contributed by atoms with Gasteiger partial charge in [-0.1, -0.05) is 0 Å². The van der Waals surface area contributed by atoms with E-state index in [0.29, 0.717) is 5.75 Å². The van der Waals surface area contributed by atoms with E-state index in [-0.39, 0.29) is 5.78 Å². The van der Waals surface area contributed by atoms with Crippen molar-refractivity contribution in [2.75, 3.05) is 19.5 Å². The van der Waals surface area contributed by atoms with Gasteiger partial charge in [0.2, 0.25) is 0 Å². The third kappa shape index (κ3) is 3.83. The summed E-state index contributed by atoms with van der Waals surface area (Å²) in [5.74, 6) is 1.39. The maximum atomic E-state index is 10.9. The van der Waals surface area contributed by atoms with Gasteiger partial charge in [-0.25, -0.2) is 0 Å². The summed E-state index contributed by atoms with van der Waals surface area (Å²) in [7, 11) is 3.19. The Labute approximate surface area is 101 Å². The van der Waals surface area contributed by atoms with E-state index in [9.17, 15) is 4.79 Å². The van der Waals surface area contributed by atoms with Crippen LogP contribution >= 0.6 is 0 Å². The highest BCUT2D eigenvalue weighted by atomic mass is 16.5. The minimum absolute atomic E-state index is 0.00229. The fourth-order valence-electron chi connectivity index (χ4n) is 1.46. The van der Waals surface area contributed by atoms with Crippen LogP contribution in [0.25, 0.3) is 0 Å². The van der Waals surface area contributed by atoms with Crippen LogP contribution in [-0.2, 0) is 4.79 Å². The number of carbonyl (C=O) groups excluding carboxylic acids is 1. The molecule has 4 heteroatoms. The molecule has 0 amide bonds. The van der Waals surface area contributed by atoms with Gasteiger partial charge in [0.05, 0.1) is 19.9 Å². The highest BCUT2D eigenvalue weighted by molar-refractivity contribution is 5.88. The first-order valence-corrected chi connectivity index (χ1v) is 5.24. The van der Waals surface area contributed by atoms with E-state index in [1.54, 1.807) is 20.3 Å². The zero-order valence-corrected chi connectivity index (χ0v) is 10.5. The number of hydrogen-bond donors (Lipinski definition) is 1. The third-order valence-corrected chi connectivity index (χ3v) is 2.16.